The van der Waals surface area contributed by atoms with Gasteiger partial charge in [0, 0.05) is 31.1 Å². The molecule has 0 bridgehead atoms. The summed E-state index contributed by atoms with van der Waals surface area (Å²) in [4.78, 5) is 36.7. The van der Waals surface area contributed by atoms with Crippen molar-refractivity contribution in [2.75, 3.05) is 0 Å². The Morgan fingerprint density at radius 1 is 1.11 bits per heavy atom. The van der Waals surface area contributed by atoms with Crippen LogP contribution in [0.3, 0.4) is 0 Å². The van der Waals surface area contributed by atoms with Gasteiger partial charge in [0.2, 0.25) is 0 Å². The van der Waals surface area contributed by atoms with Gasteiger partial charge in [0.1, 0.15) is 11.6 Å². The Kier molecular flexibility index (Phi) is 4.99. The van der Waals surface area contributed by atoms with Crippen LogP contribution in [0, 0.1) is 46.3 Å². The molecule has 0 saturated heterocycles. The first-order valence-electron chi connectivity index (χ1n) is 11.4. The number of carbonyl (C=O) groups excluding carboxylic acids is 2. The molecule has 0 radical (unpaired) electrons. The Balaban J connectivity index is 1.58. The summed E-state index contributed by atoms with van der Waals surface area (Å²) in [5.41, 5.74) is -0.117. The third-order valence-electron chi connectivity index (χ3n) is 9.91. The van der Waals surface area contributed by atoms with Crippen LogP contribution in [0.25, 0.3) is 0 Å². The second kappa shape index (κ2) is 6.95. The predicted molar refractivity (Wildman–Crippen MR) is 107 cm³/mol. The fraction of sp³-hybridized carbons (Fsp3) is 0.875. The van der Waals surface area contributed by atoms with Crippen LogP contribution in [0.5, 0.6) is 0 Å². The Morgan fingerprint density at radius 2 is 1.86 bits per heavy atom. The van der Waals surface area contributed by atoms with Crippen LogP contribution in [0.4, 0.5) is 0 Å². The quantitative estimate of drug-likeness (QED) is 0.744. The van der Waals surface area contributed by atoms with Crippen LogP contribution in [0.1, 0.15) is 85.0 Å². The number of aliphatic carboxylic acids is 1. The van der Waals surface area contributed by atoms with E-state index in [1.807, 2.05) is 0 Å². The molecule has 4 fully saturated rings. The highest BCUT2D eigenvalue weighted by atomic mass is 16.4. The number of Topliss-reactive ketones (excluding diaryl/α,β-unsaturated/α-hetero) is 2. The van der Waals surface area contributed by atoms with E-state index in [2.05, 4.69) is 20.8 Å². The lowest BCUT2D eigenvalue weighted by molar-refractivity contribution is -0.159. The highest BCUT2D eigenvalue weighted by molar-refractivity contribution is 5.87. The third kappa shape index (κ3) is 2.89. The molecule has 4 aliphatic carbocycles. The second-order valence-electron chi connectivity index (χ2n) is 10.9. The van der Waals surface area contributed by atoms with Crippen LogP contribution in [0.2, 0.25) is 0 Å². The van der Waals surface area contributed by atoms with E-state index in [0.29, 0.717) is 60.4 Å². The van der Waals surface area contributed by atoms with Crippen LogP contribution < -0.4 is 0 Å². The monoisotopic (exact) mass is 388 g/mol. The summed E-state index contributed by atoms with van der Waals surface area (Å²) in [6.07, 6.45) is 8.43. The summed E-state index contributed by atoms with van der Waals surface area (Å²) in [5.74, 6) is 2.69. The molecule has 4 nitrogen and oxygen atoms in total. The smallest absolute Gasteiger partial charge is 0.303 e. The standard InChI is InChI=1S/C24H36O4/c1-14(4-9-22(27)28)18-7-8-19-17-6-5-15-12-16(25)10-11-23(15,2)20(17)13-21(26)24(18,19)3/h14-15,17-20H,4-13H2,1-3H3,(H,27,28)/t14?,15?,17-,18?,19-,20-,23-,24+/m0/s1. The van der Waals surface area contributed by atoms with Gasteiger partial charge in [0.15, 0.2) is 0 Å². The van der Waals surface area contributed by atoms with Crippen LogP contribution in [0.15, 0.2) is 0 Å². The normalized spacial score (nSPS) is 46.5. The summed E-state index contributed by atoms with van der Waals surface area (Å²) in [5, 5.41) is 9.07. The zero-order valence-corrected chi connectivity index (χ0v) is 17.7. The van der Waals surface area contributed by atoms with E-state index in [0.717, 1.165) is 32.1 Å². The fourth-order valence-electron chi connectivity index (χ4n) is 8.25. The Hall–Kier alpha value is -1.19. The van der Waals surface area contributed by atoms with E-state index in [-0.39, 0.29) is 23.2 Å². The predicted octanol–water partition coefficient (Wildman–Crippen LogP) is 4.89. The van der Waals surface area contributed by atoms with Crippen molar-refractivity contribution in [3.8, 4) is 0 Å². The molecule has 1 N–H and O–H groups in total. The Labute approximate surface area is 168 Å². The molecule has 4 heteroatoms. The minimum Gasteiger partial charge on any atom is -0.481 e. The molecule has 4 saturated carbocycles. The third-order valence-corrected chi connectivity index (χ3v) is 9.91. The molecule has 0 aromatic carbocycles. The van der Waals surface area contributed by atoms with Crippen molar-refractivity contribution in [3.05, 3.63) is 0 Å². The Morgan fingerprint density at radius 3 is 2.57 bits per heavy atom. The average molecular weight is 389 g/mol. The number of rotatable bonds is 4. The van der Waals surface area contributed by atoms with Gasteiger partial charge in [0.05, 0.1) is 0 Å². The van der Waals surface area contributed by atoms with Gasteiger partial charge in [-0.05, 0) is 79.4 Å². The molecule has 4 rings (SSSR count). The SMILES string of the molecule is CC(CCC(=O)O)C1CC[C@H]2[C@@H]3CCC4CC(=O)CC[C@]4(C)[C@H]3CC(=O)[C@]12C. The van der Waals surface area contributed by atoms with Crippen molar-refractivity contribution >= 4 is 17.5 Å². The maximum atomic E-state index is 13.6. The minimum atomic E-state index is -0.736. The van der Waals surface area contributed by atoms with Crippen molar-refractivity contribution in [2.45, 2.75) is 85.0 Å². The van der Waals surface area contributed by atoms with Gasteiger partial charge in [-0.25, -0.2) is 0 Å². The first-order valence-corrected chi connectivity index (χ1v) is 11.4. The largest absolute Gasteiger partial charge is 0.481 e. The van der Waals surface area contributed by atoms with Crippen LogP contribution in [-0.2, 0) is 14.4 Å². The maximum absolute atomic E-state index is 13.6. The van der Waals surface area contributed by atoms with Crippen LogP contribution in [-0.4, -0.2) is 22.6 Å². The molecule has 0 aliphatic heterocycles. The van der Waals surface area contributed by atoms with Crippen molar-refractivity contribution in [1.82, 2.24) is 0 Å². The van der Waals surface area contributed by atoms with E-state index in [9.17, 15) is 14.4 Å². The molecular weight excluding hydrogens is 352 g/mol. The topological polar surface area (TPSA) is 71.4 Å². The van der Waals surface area contributed by atoms with E-state index in [1.165, 1.54) is 6.42 Å². The minimum absolute atomic E-state index is 0.154. The van der Waals surface area contributed by atoms with Gasteiger partial charge in [-0.3, -0.25) is 14.4 Å². The second-order valence-corrected chi connectivity index (χ2v) is 10.9. The molecule has 0 spiro atoms. The molecule has 0 heterocycles. The number of carbonyl (C=O) groups is 3. The number of fused-ring (bicyclic) bond motifs is 5. The van der Waals surface area contributed by atoms with Gasteiger partial charge in [-0.2, -0.15) is 0 Å². The molecule has 0 aromatic rings. The summed E-state index contributed by atoms with van der Waals surface area (Å²) >= 11 is 0. The van der Waals surface area contributed by atoms with Gasteiger partial charge < -0.3 is 5.11 Å². The van der Waals surface area contributed by atoms with Gasteiger partial charge in [-0.15, -0.1) is 0 Å². The average Bonchev–Trinajstić information content (AvgIpc) is 3.00. The van der Waals surface area contributed by atoms with Crippen molar-refractivity contribution < 1.29 is 19.5 Å². The summed E-state index contributed by atoms with van der Waals surface area (Å²) in [6.45, 7) is 6.74. The Bertz CT molecular complexity index is 684. The van der Waals surface area contributed by atoms with Crippen molar-refractivity contribution in [1.29, 1.82) is 0 Å². The molecule has 156 valence electrons. The summed E-state index contributed by atoms with van der Waals surface area (Å²) in [7, 11) is 0. The van der Waals surface area contributed by atoms with Crippen LogP contribution >= 0.6 is 0 Å². The molecule has 8 atom stereocenters. The van der Waals surface area contributed by atoms with Gasteiger partial charge in [-0.1, -0.05) is 20.8 Å². The molecule has 0 amide bonds. The maximum Gasteiger partial charge on any atom is 0.303 e. The number of hydrogen-bond acceptors (Lipinski definition) is 3. The lowest BCUT2D eigenvalue weighted by Crippen LogP contribution is -2.57. The van der Waals surface area contributed by atoms with Crippen molar-refractivity contribution in [2.24, 2.45) is 46.3 Å². The highest BCUT2D eigenvalue weighted by Crippen LogP contribution is 2.67. The lowest BCUT2D eigenvalue weighted by atomic mass is 9.44. The van der Waals surface area contributed by atoms with E-state index < -0.39 is 5.97 Å². The van der Waals surface area contributed by atoms with E-state index in [1.54, 1.807) is 0 Å². The molecular formula is C24H36O4. The molecule has 28 heavy (non-hydrogen) atoms. The number of hydrogen-bond donors (Lipinski definition) is 1. The zero-order valence-electron chi connectivity index (χ0n) is 17.7. The van der Waals surface area contributed by atoms with Gasteiger partial charge in [0.25, 0.3) is 0 Å². The van der Waals surface area contributed by atoms with Crippen molar-refractivity contribution in [3.63, 3.8) is 0 Å². The lowest BCUT2D eigenvalue weighted by Gasteiger charge is -2.59. The van der Waals surface area contributed by atoms with Gasteiger partial charge >= 0.3 is 5.97 Å². The summed E-state index contributed by atoms with van der Waals surface area (Å²) < 4.78 is 0. The molecule has 0 aromatic heterocycles. The zero-order chi connectivity index (χ0) is 20.3. The number of carboxylic acids is 1. The van der Waals surface area contributed by atoms with E-state index >= 15 is 0 Å². The summed E-state index contributed by atoms with van der Waals surface area (Å²) in [6, 6.07) is 0. The van der Waals surface area contributed by atoms with E-state index in [4.69, 9.17) is 5.11 Å². The number of carboxylic acid groups (broad SMARTS) is 1. The molecule has 3 unspecified atom stereocenters. The first-order chi connectivity index (χ1) is 13.2. The fourth-order valence-corrected chi connectivity index (χ4v) is 8.25. The first kappa shape index (κ1) is 20.1. The highest BCUT2D eigenvalue weighted by Gasteiger charge is 2.63. The molecule has 4 aliphatic rings. The number of ketones is 2.